The molecule has 0 fully saturated rings. The lowest BCUT2D eigenvalue weighted by atomic mass is 9.98. The fraction of sp³-hybridized carbons (Fsp3) is 0.273. The molecule has 0 spiro atoms. The van der Waals surface area contributed by atoms with Gasteiger partial charge in [-0.1, -0.05) is 6.07 Å². The largest absolute Gasteiger partial charge is 0.481 e. The predicted octanol–water partition coefficient (Wildman–Crippen LogP) is 2.06. The number of rotatable bonds is 2. The van der Waals surface area contributed by atoms with E-state index in [9.17, 15) is 4.79 Å². The number of carboxylic acid groups (broad SMARTS) is 1. The highest BCUT2D eigenvalue weighted by atomic mass is 16.4. The van der Waals surface area contributed by atoms with Gasteiger partial charge in [0.2, 0.25) is 0 Å². The number of hydrogen-bond donors (Lipinski definition) is 2. The van der Waals surface area contributed by atoms with Crippen LogP contribution in [0.1, 0.15) is 24.0 Å². The molecule has 0 aliphatic carbocycles. The molecule has 4 heteroatoms. The number of carboxylic acids is 1. The molecule has 2 rings (SSSR count). The molecule has 1 unspecified atom stereocenters. The first kappa shape index (κ1) is 9.71. The van der Waals surface area contributed by atoms with E-state index < -0.39 is 11.9 Å². The fourth-order valence-corrected chi connectivity index (χ4v) is 1.66. The number of aryl methyl sites for hydroxylation is 1. The topological polar surface area (TPSA) is 66.0 Å². The highest BCUT2D eigenvalue weighted by Gasteiger charge is 2.15. The second-order valence-corrected chi connectivity index (χ2v) is 3.73. The summed E-state index contributed by atoms with van der Waals surface area (Å²) in [5.74, 6) is -1.29. The van der Waals surface area contributed by atoms with Gasteiger partial charge in [0.1, 0.15) is 0 Å². The molecular weight excluding hydrogens is 192 g/mol. The van der Waals surface area contributed by atoms with Crippen LogP contribution in [0.25, 0.3) is 10.9 Å². The van der Waals surface area contributed by atoms with Gasteiger partial charge in [0, 0.05) is 5.39 Å². The van der Waals surface area contributed by atoms with Crippen LogP contribution >= 0.6 is 0 Å². The van der Waals surface area contributed by atoms with Gasteiger partial charge in [-0.05, 0) is 31.0 Å². The van der Waals surface area contributed by atoms with Crippen molar-refractivity contribution in [3.05, 3.63) is 29.5 Å². The number of nitrogens with one attached hydrogen (secondary N) is 1. The summed E-state index contributed by atoms with van der Waals surface area (Å²) in [6.45, 7) is 3.63. The van der Waals surface area contributed by atoms with E-state index in [1.807, 2.05) is 19.1 Å². The minimum absolute atomic E-state index is 0.483. The van der Waals surface area contributed by atoms with E-state index in [4.69, 9.17) is 5.11 Å². The normalized spacial score (nSPS) is 12.9. The predicted molar refractivity (Wildman–Crippen MR) is 56.9 cm³/mol. The average Bonchev–Trinajstić information content (AvgIpc) is 2.64. The van der Waals surface area contributed by atoms with Crippen LogP contribution in [0.2, 0.25) is 0 Å². The molecule has 1 aromatic carbocycles. The lowest BCUT2D eigenvalue weighted by Gasteiger charge is -2.07. The third-order valence-corrected chi connectivity index (χ3v) is 2.64. The molecule has 0 saturated carbocycles. The maximum atomic E-state index is 10.9. The van der Waals surface area contributed by atoms with Gasteiger partial charge >= 0.3 is 5.97 Å². The summed E-state index contributed by atoms with van der Waals surface area (Å²) < 4.78 is 0. The van der Waals surface area contributed by atoms with Crippen LogP contribution in [0.15, 0.2) is 18.3 Å². The first-order valence-corrected chi connectivity index (χ1v) is 4.76. The summed E-state index contributed by atoms with van der Waals surface area (Å²) in [4.78, 5) is 10.9. The number of aromatic nitrogens is 2. The van der Waals surface area contributed by atoms with E-state index in [-0.39, 0.29) is 0 Å². The Hall–Kier alpha value is -1.84. The van der Waals surface area contributed by atoms with E-state index in [0.29, 0.717) is 0 Å². The lowest BCUT2D eigenvalue weighted by Crippen LogP contribution is -2.07. The number of nitrogens with zero attached hydrogens (tertiary/aromatic N) is 1. The minimum Gasteiger partial charge on any atom is -0.481 e. The highest BCUT2D eigenvalue weighted by molar-refractivity contribution is 5.84. The first-order valence-electron chi connectivity index (χ1n) is 4.76. The van der Waals surface area contributed by atoms with Gasteiger partial charge in [0.25, 0.3) is 0 Å². The van der Waals surface area contributed by atoms with Crippen LogP contribution in [-0.2, 0) is 4.79 Å². The zero-order valence-electron chi connectivity index (χ0n) is 8.61. The summed E-state index contributed by atoms with van der Waals surface area (Å²) >= 11 is 0. The van der Waals surface area contributed by atoms with E-state index in [2.05, 4.69) is 10.2 Å². The van der Waals surface area contributed by atoms with Gasteiger partial charge in [-0.2, -0.15) is 5.10 Å². The monoisotopic (exact) mass is 204 g/mol. The van der Waals surface area contributed by atoms with Crippen LogP contribution in [0, 0.1) is 6.92 Å². The Balaban J connectivity index is 2.58. The van der Waals surface area contributed by atoms with Crippen LogP contribution in [-0.4, -0.2) is 21.3 Å². The second kappa shape index (κ2) is 3.38. The summed E-state index contributed by atoms with van der Waals surface area (Å²) in [6, 6.07) is 3.75. The van der Waals surface area contributed by atoms with Crippen molar-refractivity contribution in [2.24, 2.45) is 0 Å². The zero-order chi connectivity index (χ0) is 11.0. The Bertz CT molecular complexity index is 516. The number of fused-ring (bicyclic) bond motifs is 1. The molecule has 78 valence electrons. The summed E-state index contributed by atoms with van der Waals surface area (Å²) in [7, 11) is 0. The molecule has 0 bridgehead atoms. The van der Waals surface area contributed by atoms with E-state index >= 15 is 0 Å². The Labute approximate surface area is 86.9 Å². The van der Waals surface area contributed by atoms with Gasteiger partial charge in [0.15, 0.2) is 0 Å². The zero-order valence-corrected chi connectivity index (χ0v) is 8.61. The number of aliphatic carboxylic acids is 1. The maximum absolute atomic E-state index is 10.9. The first-order chi connectivity index (χ1) is 7.09. The number of aromatic amines is 1. The fourth-order valence-electron chi connectivity index (χ4n) is 1.66. The van der Waals surface area contributed by atoms with E-state index in [1.54, 1.807) is 13.1 Å². The Morgan fingerprint density at radius 2 is 2.27 bits per heavy atom. The van der Waals surface area contributed by atoms with E-state index in [0.717, 1.165) is 22.0 Å². The minimum atomic E-state index is -0.808. The van der Waals surface area contributed by atoms with Crippen LogP contribution in [0.5, 0.6) is 0 Å². The molecule has 2 N–H and O–H groups in total. The van der Waals surface area contributed by atoms with Crippen molar-refractivity contribution < 1.29 is 9.90 Å². The van der Waals surface area contributed by atoms with Crippen molar-refractivity contribution in [1.29, 1.82) is 0 Å². The molecule has 0 amide bonds. The Kier molecular flexibility index (Phi) is 2.19. The molecule has 1 aromatic heterocycles. The van der Waals surface area contributed by atoms with Crippen molar-refractivity contribution in [2.45, 2.75) is 19.8 Å². The molecular formula is C11H12N2O2. The number of carbonyl (C=O) groups is 1. The van der Waals surface area contributed by atoms with Crippen molar-refractivity contribution in [2.75, 3.05) is 0 Å². The molecule has 0 saturated heterocycles. The van der Waals surface area contributed by atoms with Crippen molar-refractivity contribution in [3.63, 3.8) is 0 Å². The Morgan fingerprint density at radius 1 is 1.53 bits per heavy atom. The Morgan fingerprint density at radius 3 is 2.93 bits per heavy atom. The molecule has 0 aliphatic rings. The van der Waals surface area contributed by atoms with Gasteiger partial charge < -0.3 is 5.11 Å². The van der Waals surface area contributed by atoms with Crippen molar-refractivity contribution >= 4 is 16.9 Å². The molecule has 15 heavy (non-hydrogen) atoms. The van der Waals surface area contributed by atoms with Gasteiger partial charge in [-0.15, -0.1) is 0 Å². The van der Waals surface area contributed by atoms with Gasteiger partial charge in [0.05, 0.1) is 17.6 Å². The molecule has 0 radical (unpaired) electrons. The third-order valence-electron chi connectivity index (χ3n) is 2.64. The molecule has 0 aliphatic heterocycles. The quantitative estimate of drug-likeness (QED) is 0.786. The third kappa shape index (κ3) is 1.58. The molecule has 2 aromatic rings. The maximum Gasteiger partial charge on any atom is 0.310 e. The second-order valence-electron chi connectivity index (χ2n) is 3.73. The summed E-state index contributed by atoms with van der Waals surface area (Å²) in [6.07, 6.45) is 1.71. The molecule has 4 nitrogen and oxygen atoms in total. The number of H-pyrrole nitrogens is 1. The van der Waals surface area contributed by atoms with Crippen LogP contribution in [0.4, 0.5) is 0 Å². The number of benzene rings is 1. The molecule has 1 atom stereocenters. The van der Waals surface area contributed by atoms with Crippen LogP contribution in [0.3, 0.4) is 0 Å². The van der Waals surface area contributed by atoms with Crippen molar-refractivity contribution in [3.8, 4) is 0 Å². The summed E-state index contributed by atoms with van der Waals surface area (Å²) in [5, 5.41) is 16.7. The number of hydrogen-bond acceptors (Lipinski definition) is 2. The van der Waals surface area contributed by atoms with E-state index in [1.165, 1.54) is 0 Å². The van der Waals surface area contributed by atoms with Gasteiger partial charge in [-0.25, -0.2) is 0 Å². The van der Waals surface area contributed by atoms with Crippen molar-refractivity contribution in [1.82, 2.24) is 10.2 Å². The van der Waals surface area contributed by atoms with Gasteiger partial charge in [-0.3, -0.25) is 9.89 Å². The SMILES string of the molecule is Cc1cc(C(C)C(=O)O)cc2cn[nH]c12. The molecule has 1 heterocycles. The lowest BCUT2D eigenvalue weighted by molar-refractivity contribution is -0.138. The standard InChI is InChI=1S/C11H12N2O2/c1-6-3-8(7(2)11(14)15)4-9-5-12-13-10(6)9/h3-5,7H,1-2H3,(H,12,13)(H,14,15). The average molecular weight is 204 g/mol. The summed E-state index contributed by atoms with van der Waals surface area (Å²) in [5.41, 5.74) is 2.80. The van der Waals surface area contributed by atoms with Crippen LogP contribution < -0.4 is 0 Å². The highest BCUT2D eigenvalue weighted by Crippen LogP contribution is 2.23. The smallest absolute Gasteiger partial charge is 0.310 e.